The summed E-state index contributed by atoms with van der Waals surface area (Å²) in [6.45, 7) is 7.76. The predicted molar refractivity (Wildman–Crippen MR) is 97.8 cm³/mol. The van der Waals surface area contributed by atoms with Crippen LogP contribution >= 0.6 is 0 Å². The summed E-state index contributed by atoms with van der Waals surface area (Å²) in [5, 5.41) is 0. The third-order valence-electron chi connectivity index (χ3n) is 4.83. The summed E-state index contributed by atoms with van der Waals surface area (Å²) in [5.74, 6) is 0.157. The van der Waals surface area contributed by atoms with Crippen LogP contribution in [0, 0.1) is 0 Å². The highest BCUT2D eigenvalue weighted by molar-refractivity contribution is 5.93. The number of nitrogens with zero attached hydrogens (tertiary/aromatic N) is 1. The highest BCUT2D eigenvalue weighted by Gasteiger charge is 2.42. The van der Waals surface area contributed by atoms with Gasteiger partial charge < -0.3 is 9.47 Å². The van der Waals surface area contributed by atoms with Crippen LogP contribution in [0.5, 0.6) is 5.75 Å². The van der Waals surface area contributed by atoms with Gasteiger partial charge in [-0.3, -0.25) is 0 Å². The van der Waals surface area contributed by atoms with Gasteiger partial charge in [0.05, 0.1) is 5.41 Å². The molecule has 0 amide bonds. The second-order valence-electron chi connectivity index (χ2n) is 6.72. The van der Waals surface area contributed by atoms with Crippen molar-refractivity contribution < 1.29 is 18.8 Å². The Kier molecular flexibility index (Phi) is 5.00. The predicted octanol–water partition coefficient (Wildman–Crippen LogP) is 3.70. The zero-order valence-corrected chi connectivity index (χ0v) is 15.0. The number of benzene rings is 2. The molecule has 1 heterocycles. The van der Waals surface area contributed by atoms with Crippen LogP contribution in [0.15, 0.2) is 54.6 Å². The van der Waals surface area contributed by atoms with Gasteiger partial charge in [0.15, 0.2) is 12.3 Å². The quantitative estimate of drug-likeness (QED) is 0.349. The molecule has 0 bridgehead atoms. The molecule has 0 spiro atoms. The number of carbonyl (C=O) groups excluding carboxylic acids is 1. The normalized spacial score (nSPS) is 15.2. The Morgan fingerprint density at radius 1 is 1.04 bits per heavy atom. The Morgan fingerprint density at radius 3 is 2.48 bits per heavy atom. The van der Waals surface area contributed by atoms with Crippen molar-refractivity contribution in [3.63, 3.8) is 0 Å². The van der Waals surface area contributed by atoms with Gasteiger partial charge in [-0.2, -0.15) is 4.58 Å². The average molecular weight is 338 g/mol. The highest BCUT2D eigenvalue weighted by atomic mass is 16.6. The fourth-order valence-corrected chi connectivity index (χ4v) is 3.20. The van der Waals surface area contributed by atoms with Crippen molar-refractivity contribution in [3.8, 4) is 5.75 Å². The Hall–Kier alpha value is -2.46. The molecule has 25 heavy (non-hydrogen) atoms. The van der Waals surface area contributed by atoms with Gasteiger partial charge in [-0.25, -0.2) is 4.79 Å². The van der Waals surface area contributed by atoms with Gasteiger partial charge in [0.2, 0.25) is 5.69 Å². The third-order valence-corrected chi connectivity index (χ3v) is 4.83. The minimum Gasteiger partial charge on any atom is -0.425 e. The maximum atomic E-state index is 11.8. The van der Waals surface area contributed by atoms with E-state index in [4.69, 9.17) is 9.47 Å². The molecule has 0 N–H and O–H groups in total. The van der Waals surface area contributed by atoms with Gasteiger partial charge in [-0.1, -0.05) is 36.4 Å². The van der Waals surface area contributed by atoms with Gasteiger partial charge in [-0.05, 0) is 26.0 Å². The molecule has 0 saturated carbocycles. The van der Waals surface area contributed by atoms with Crippen molar-refractivity contribution in [2.45, 2.75) is 26.2 Å². The molecule has 2 aromatic rings. The Balaban J connectivity index is 1.54. The molecule has 0 aliphatic carbocycles. The molecule has 2 aromatic carbocycles. The molecule has 1 aliphatic heterocycles. The van der Waals surface area contributed by atoms with Gasteiger partial charge in [0, 0.05) is 18.6 Å². The molecule has 4 nitrogen and oxygen atoms in total. The van der Waals surface area contributed by atoms with Crippen LogP contribution in [0.3, 0.4) is 0 Å². The van der Waals surface area contributed by atoms with E-state index in [1.807, 2.05) is 18.2 Å². The number of ether oxygens (including phenoxy) is 2. The number of carbonyl (C=O) groups is 1. The molecule has 1 aliphatic rings. The number of fused-ring (bicyclic) bond motifs is 1. The van der Waals surface area contributed by atoms with Crippen molar-refractivity contribution in [2.75, 3.05) is 19.8 Å². The zero-order valence-electron chi connectivity index (χ0n) is 15.0. The van der Waals surface area contributed by atoms with E-state index in [0.29, 0.717) is 18.9 Å². The van der Waals surface area contributed by atoms with Crippen molar-refractivity contribution in [2.24, 2.45) is 0 Å². The van der Waals surface area contributed by atoms with Crippen molar-refractivity contribution >= 4 is 17.4 Å². The van der Waals surface area contributed by atoms with Crippen LogP contribution < -0.4 is 4.74 Å². The molecule has 3 rings (SSSR count). The molecule has 0 atom stereocenters. The largest absolute Gasteiger partial charge is 0.425 e. The molecule has 0 radical (unpaired) electrons. The SMILES string of the molecule is CC1=[N+](CCOCC(=O)Oc2ccccc2)c2ccccc2C1(C)C. The van der Waals surface area contributed by atoms with E-state index in [1.54, 1.807) is 12.1 Å². The first-order chi connectivity index (χ1) is 12.0. The van der Waals surface area contributed by atoms with Crippen LogP contribution in [-0.2, 0) is 14.9 Å². The molecule has 0 aromatic heterocycles. The van der Waals surface area contributed by atoms with Crippen molar-refractivity contribution in [1.29, 1.82) is 0 Å². The summed E-state index contributed by atoms with van der Waals surface area (Å²) in [6, 6.07) is 17.5. The topological polar surface area (TPSA) is 38.5 Å². The molecule has 0 unspecified atom stereocenters. The number of rotatable bonds is 6. The van der Waals surface area contributed by atoms with Gasteiger partial charge in [-0.15, -0.1) is 0 Å². The van der Waals surface area contributed by atoms with Crippen LogP contribution in [0.1, 0.15) is 26.3 Å². The Bertz CT molecular complexity index is 794. The van der Waals surface area contributed by atoms with Gasteiger partial charge in [0.25, 0.3) is 0 Å². The molecular weight excluding hydrogens is 314 g/mol. The molecule has 130 valence electrons. The third kappa shape index (κ3) is 3.64. The van der Waals surface area contributed by atoms with E-state index in [-0.39, 0.29) is 18.0 Å². The lowest BCUT2D eigenvalue weighted by atomic mass is 9.82. The van der Waals surface area contributed by atoms with Gasteiger partial charge in [0.1, 0.15) is 19.0 Å². The zero-order chi connectivity index (χ0) is 17.9. The smallest absolute Gasteiger partial charge is 0.337 e. The number of esters is 1. The first-order valence-electron chi connectivity index (χ1n) is 8.54. The molecule has 0 saturated heterocycles. The Morgan fingerprint density at radius 2 is 1.72 bits per heavy atom. The van der Waals surface area contributed by atoms with E-state index >= 15 is 0 Å². The summed E-state index contributed by atoms with van der Waals surface area (Å²) in [7, 11) is 0. The van der Waals surface area contributed by atoms with Crippen LogP contribution in [0.25, 0.3) is 0 Å². The van der Waals surface area contributed by atoms with Crippen LogP contribution in [-0.4, -0.2) is 36.0 Å². The van der Waals surface area contributed by atoms with Crippen molar-refractivity contribution in [1.82, 2.24) is 0 Å². The molecular formula is C21H24NO3+. The minimum atomic E-state index is -0.381. The van der Waals surface area contributed by atoms with Gasteiger partial charge >= 0.3 is 5.97 Å². The summed E-state index contributed by atoms with van der Waals surface area (Å²) >= 11 is 0. The highest BCUT2D eigenvalue weighted by Crippen LogP contribution is 2.38. The number of hydrogen-bond acceptors (Lipinski definition) is 3. The lowest BCUT2D eigenvalue weighted by molar-refractivity contribution is -0.443. The number of para-hydroxylation sites is 2. The average Bonchev–Trinajstić information content (AvgIpc) is 2.80. The monoisotopic (exact) mass is 338 g/mol. The Labute approximate surface area is 148 Å². The first kappa shape index (κ1) is 17.4. The van der Waals surface area contributed by atoms with E-state index in [9.17, 15) is 4.79 Å². The summed E-state index contributed by atoms with van der Waals surface area (Å²) in [5.41, 5.74) is 3.86. The first-order valence-corrected chi connectivity index (χ1v) is 8.54. The van der Waals surface area contributed by atoms with E-state index < -0.39 is 0 Å². The molecule has 4 heteroatoms. The fraction of sp³-hybridized carbons (Fsp3) is 0.333. The summed E-state index contributed by atoms with van der Waals surface area (Å²) < 4.78 is 13.0. The van der Waals surface area contributed by atoms with E-state index in [2.05, 4.69) is 49.6 Å². The van der Waals surface area contributed by atoms with Crippen LogP contribution in [0.4, 0.5) is 5.69 Å². The summed E-state index contributed by atoms with van der Waals surface area (Å²) in [6.07, 6.45) is 0. The fourth-order valence-electron chi connectivity index (χ4n) is 3.20. The second-order valence-corrected chi connectivity index (χ2v) is 6.72. The standard InChI is InChI=1S/C21H24NO3/c1-16-21(2,3)18-11-7-8-12-19(18)22(16)13-14-24-15-20(23)25-17-9-5-4-6-10-17/h4-12H,13-15H2,1-3H3/q+1. The lowest BCUT2D eigenvalue weighted by Gasteiger charge is -2.14. The lowest BCUT2D eigenvalue weighted by Crippen LogP contribution is -2.28. The second kappa shape index (κ2) is 7.19. The van der Waals surface area contributed by atoms with E-state index in [0.717, 1.165) is 0 Å². The van der Waals surface area contributed by atoms with E-state index in [1.165, 1.54) is 17.0 Å². The number of hydrogen-bond donors (Lipinski definition) is 0. The summed E-state index contributed by atoms with van der Waals surface area (Å²) in [4.78, 5) is 11.8. The minimum absolute atomic E-state index is 0.0167. The van der Waals surface area contributed by atoms with Crippen molar-refractivity contribution in [3.05, 3.63) is 60.2 Å². The van der Waals surface area contributed by atoms with Crippen LogP contribution in [0.2, 0.25) is 0 Å². The maximum Gasteiger partial charge on any atom is 0.337 e. The molecule has 0 fully saturated rings. The maximum absolute atomic E-state index is 11.8.